The zero-order valence-corrected chi connectivity index (χ0v) is 28.7. The van der Waals surface area contributed by atoms with E-state index >= 15 is 0 Å². The molecular formula is C45H31N3OSi. The quantitative estimate of drug-likeness (QED) is 0.177. The van der Waals surface area contributed by atoms with Crippen molar-refractivity contribution in [1.82, 2.24) is 15.0 Å². The fourth-order valence-corrected chi connectivity index (χ4v) is 10.9. The highest BCUT2D eigenvalue weighted by atomic mass is 28.3. The first-order valence-corrected chi connectivity index (χ1v) is 20.0. The monoisotopic (exact) mass is 657 g/mol. The van der Waals surface area contributed by atoms with Gasteiger partial charge in [-0.2, -0.15) is 0 Å². The summed E-state index contributed by atoms with van der Waals surface area (Å²) >= 11 is 0. The summed E-state index contributed by atoms with van der Waals surface area (Å²) in [5.41, 5.74) is 9.66. The molecule has 0 amide bonds. The highest BCUT2D eigenvalue weighted by Gasteiger charge is 2.40. The van der Waals surface area contributed by atoms with Crippen LogP contribution < -0.4 is 10.4 Å². The van der Waals surface area contributed by atoms with Gasteiger partial charge in [0.2, 0.25) is 0 Å². The van der Waals surface area contributed by atoms with Crippen LogP contribution in [-0.2, 0) is 0 Å². The van der Waals surface area contributed by atoms with Gasteiger partial charge in [0.05, 0.1) is 0 Å². The van der Waals surface area contributed by atoms with Crippen molar-refractivity contribution in [2.45, 2.75) is 13.1 Å². The molecule has 50 heavy (non-hydrogen) atoms. The van der Waals surface area contributed by atoms with Gasteiger partial charge >= 0.3 is 0 Å². The first-order chi connectivity index (χ1) is 24.5. The summed E-state index contributed by atoms with van der Waals surface area (Å²) in [5, 5.41) is 7.64. The van der Waals surface area contributed by atoms with Gasteiger partial charge in [0, 0.05) is 33.0 Å². The molecule has 9 aromatic rings. The Hall–Kier alpha value is -6.17. The van der Waals surface area contributed by atoms with Crippen molar-refractivity contribution >= 4 is 51.2 Å². The number of rotatable bonds is 4. The van der Waals surface area contributed by atoms with Crippen LogP contribution in [-0.4, -0.2) is 23.0 Å². The van der Waals surface area contributed by atoms with Gasteiger partial charge in [0.1, 0.15) is 19.2 Å². The summed E-state index contributed by atoms with van der Waals surface area (Å²) in [5.74, 6) is 1.96. The summed E-state index contributed by atoms with van der Waals surface area (Å²) < 4.78 is 6.91. The molecule has 0 aliphatic carbocycles. The average molecular weight is 658 g/mol. The number of nitrogens with zero attached hydrogens (tertiary/aromatic N) is 3. The zero-order valence-electron chi connectivity index (χ0n) is 27.7. The normalized spacial score (nSPS) is 13.2. The third-order valence-corrected chi connectivity index (χ3v) is 13.9. The van der Waals surface area contributed by atoms with Crippen molar-refractivity contribution in [2.75, 3.05) is 0 Å². The molecule has 0 saturated carbocycles. The Kier molecular flexibility index (Phi) is 6.29. The lowest BCUT2D eigenvalue weighted by Crippen LogP contribution is -2.49. The van der Waals surface area contributed by atoms with Crippen LogP contribution in [0, 0.1) is 0 Å². The molecule has 0 unspecified atom stereocenters. The van der Waals surface area contributed by atoms with E-state index in [0.29, 0.717) is 17.5 Å². The van der Waals surface area contributed by atoms with Crippen molar-refractivity contribution < 1.29 is 4.42 Å². The second-order valence-corrected chi connectivity index (χ2v) is 17.9. The van der Waals surface area contributed by atoms with E-state index in [0.717, 1.165) is 33.4 Å². The second-order valence-electron chi connectivity index (χ2n) is 13.6. The van der Waals surface area contributed by atoms with Gasteiger partial charge in [-0.1, -0.05) is 159 Å². The van der Waals surface area contributed by atoms with Crippen molar-refractivity contribution in [1.29, 1.82) is 0 Å². The zero-order chi connectivity index (χ0) is 33.4. The van der Waals surface area contributed by atoms with E-state index in [2.05, 4.69) is 104 Å². The summed E-state index contributed by atoms with van der Waals surface area (Å²) in [6.07, 6.45) is 0. The van der Waals surface area contributed by atoms with Crippen LogP contribution in [0.1, 0.15) is 0 Å². The Labute approximate surface area is 290 Å². The molecule has 0 fully saturated rings. The van der Waals surface area contributed by atoms with Gasteiger partial charge in [-0.25, -0.2) is 15.0 Å². The molecule has 4 nitrogen and oxygen atoms in total. The lowest BCUT2D eigenvalue weighted by molar-refractivity contribution is 0.670. The first kappa shape index (κ1) is 28.8. The third-order valence-electron chi connectivity index (χ3n) is 10.3. The maximum atomic E-state index is 6.91. The van der Waals surface area contributed by atoms with Crippen LogP contribution in [0.4, 0.5) is 0 Å². The lowest BCUT2D eigenvalue weighted by Gasteiger charge is -2.20. The molecule has 0 N–H and O–H groups in total. The largest absolute Gasteiger partial charge is 0.455 e. The summed E-state index contributed by atoms with van der Waals surface area (Å²) in [4.78, 5) is 14.8. The van der Waals surface area contributed by atoms with Crippen LogP contribution in [0.15, 0.2) is 156 Å². The SMILES string of the molecule is C[Si]1(C)c2ccccc2-c2c1cc(-c1ccc(-c3nc(-c4ccccc4)nc(-c4ccccc4)n3)cc1)c1c2oc2ccc3ccccc3c21. The molecule has 7 aromatic carbocycles. The van der Waals surface area contributed by atoms with Gasteiger partial charge < -0.3 is 4.42 Å². The Bertz CT molecular complexity index is 2710. The van der Waals surface area contributed by atoms with Gasteiger partial charge in [-0.05, 0) is 43.9 Å². The fraction of sp³-hybridized carbons (Fsp3) is 0.0444. The van der Waals surface area contributed by atoms with Crippen LogP contribution in [0.5, 0.6) is 0 Å². The van der Waals surface area contributed by atoms with E-state index in [9.17, 15) is 0 Å². The fourth-order valence-electron chi connectivity index (χ4n) is 7.83. The molecule has 3 heterocycles. The molecule has 1 aliphatic heterocycles. The van der Waals surface area contributed by atoms with Crippen LogP contribution in [0.3, 0.4) is 0 Å². The minimum absolute atomic E-state index is 0.645. The number of aromatic nitrogens is 3. The molecular weight excluding hydrogens is 627 g/mol. The van der Waals surface area contributed by atoms with Crippen molar-refractivity contribution in [3.8, 4) is 56.4 Å². The Morgan fingerprint density at radius 3 is 1.70 bits per heavy atom. The molecule has 0 bridgehead atoms. The van der Waals surface area contributed by atoms with E-state index in [1.807, 2.05) is 60.7 Å². The lowest BCUT2D eigenvalue weighted by atomic mass is 9.93. The predicted molar refractivity (Wildman–Crippen MR) is 209 cm³/mol. The minimum Gasteiger partial charge on any atom is -0.455 e. The molecule has 236 valence electrons. The smallest absolute Gasteiger partial charge is 0.164 e. The summed E-state index contributed by atoms with van der Waals surface area (Å²) in [6.45, 7) is 4.92. The Balaban J connectivity index is 1.20. The average Bonchev–Trinajstić information content (AvgIpc) is 3.68. The molecule has 0 saturated heterocycles. The van der Waals surface area contributed by atoms with E-state index in [1.165, 1.54) is 48.6 Å². The van der Waals surface area contributed by atoms with Crippen LogP contribution in [0.2, 0.25) is 13.1 Å². The maximum Gasteiger partial charge on any atom is 0.164 e. The molecule has 1 aliphatic rings. The van der Waals surface area contributed by atoms with Gasteiger partial charge in [-0.15, -0.1) is 0 Å². The van der Waals surface area contributed by atoms with Crippen molar-refractivity contribution in [3.05, 3.63) is 152 Å². The van der Waals surface area contributed by atoms with Crippen LogP contribution in [0.25, 0.3) is 89.1 Å². The molecule has 0 radical (unpaired) electrons. The summed E-state index contributed by atoms with van der Waals surface area (Å²) in [7, 11) is -1.99. The molecule has 5 heteroatoms. The Morgan fingerprint density at radius 2 is 1.02 bits per heavy atom. The number of hydrogen-bond donors (Lipinski definition) is 0. The number of furan rings is 1. The van der Waals surface area contributed by atoms with E-state index < -0.39 is 8.07 Å². The first-order valence-electron chi connectivity index (χ1n) is 17.0. The predicted octanol–water partition coefficient (Wildman–Crippen LogP) is 10.4. The minimum atomic E-state index is -1.99. The van der Waals surface area contributed by atoms with Crippen LogP contribution >= 0.6 is 0 Å². The van der Waals surface area contributed by atoms with E-state index in [-0.39, 0.29) is 0 Å². The maximum absolute atomic E-state index is 6.91. The van der Waals surface area contributed by atoms with Crippen molar-refractivity contribution in [3.63, 3.8) is 0 Å². The number of hydrogen-bond acceptors (Lipinski definition) is 4. The molecule has 0 spiro atoms. The third kappa shape index (κ3) is 4.33. The second kappa shape index (κ2) is 10.9. The molecule has 10 rings (SSSR count). The molecule has 0 atom stereocenters. The van der Waals surface area contributed by atoms with Crippen molar-refractivity contribution in [2.24, 2.45) is 0 Å². The molecule has 2 aromatic heterocycles. The van der Waals surface area contributed by atoms with Gasteiger partial charge in [0.25, 0.3) is 0 Å². The highest BCUT2D eigenvalue weighted by molar-refractivity contribution is 7.04. The number of fused-ring (bicyclic) bond motifs is 9. The number of benzene rings is 7. The highest BCUT2D eigenvalue weighted by Crippen LogP contribution is 2.46. The summed E-state index contributed by atoms with van der Waals surface area (Å²) in [6, 6.07) is 53.3. The Morgan fingerprint density at radius 1 is 0.460 bits per heavy atom. The van der Waals surface area contributed by atoms with E-state index in [1.54, 1.807) is 0 Å². The van der Waals surface area contributed by atoms with E-state index in [4.69, 9.17) is 19.4 Å². The topological polar surface area (TPSA) is 51.8 Å². The standard InChI is InChI=1S/C45H31N3OSi/c1-50(2)37-20-12-11-19-34(37)40-38(50)27-35(41-39-33-18-10-9-13-28(33)25-26-36(39)49-42(40)41)29-21-23-32(24-22-29)45-47-43(30-14-5-3-6-15-30)46-44(48-45)31-16-7-4-8-17-31/h3-27H,1-2H3. The van der Waals surface area contributed by atoms with Gasteiger partial charge in [0.15, 0.2) is 17.5 Å². The van der Waals surface area contributed by atoms with Gasteiger partial charge in [-0.3, -0.25) is 0 Å².